The van der Waals surface area contributed by atoms with Crippen LogP contribution in [0.1, 0.15) is 47.0 Å². The molecular formula is C16H25N3O2. The van der Waals surface area contributed by atoms with E-state index >= 15 is 0 Å². The fourth-order valence-corrected chi connectivity index (χ4v) is 2.62. The molecule has 1 aliphatic rings. The lowest BCUT2D eigenvalue weighted by Crippen LogP contribution is -2.50. The molecule has 0 radical (unpaired) electrons. The van der Waals surface area contributed by atoms with Crippen LogP contribution in [-0.2, 0) is 9.59 Å². The number of likely N-dealkylation sites (tertiary alicyclic amines) is 1. The maximum Gasteiger partial charge on any atom is 0.246 e. The number of nitrogens with one attached hydrogen (secondary N) is 1. The smallest absolute Gasteiger partial charge is 0.246 e. The zero-order valence-electron chi connectivity index (χ0n) is 13.3. The SMILES string of the molecule is CC[C@H](C)[C@H](NC(C)=CC(C)=O)C(=O)N1CCC[C@H]1C#N. The van der Waals surface area contributed by atoms with Crippen LogP contribution in [0.3, 0.4) is 0 Å². The summed E-state index contributed by atoms with van der Waals surface area (Å²) >= 11 is 0. The Kier molecular flexibility index (Phi) is 6.41. The van der Waals surface area contributed by atoms with Crippen LogP contribution < -0.4 is 5.32 Å². The van der Waals surface area contributed by atoms with E-state index in [4.69, 9.17) is 5.26 Å². The number of hydrogen-bond acceptors (Lipinski definition) is 4. The molecule has 0 unspecified atom stereocenters. The zero-order chi connectivity index (χ0) is 16.0. The van der Waals surface area contributed by atoms with Gasteiger partial charge in [-0.1, -0.05) is 20.3 Å². The van der Waals surface area contributed by atoms with Crippen molar-refractivity contribution in [2.75, 3.05) is 6.54 Å². The van der Waals surface area contributed by atoms with E-state index in [-0.39, 0.29) is 29.7 Å². The Morgan fingerprint density at radius 2 is 2.14 bits per heavy atom. The average Bonchev–Trinajstić information content (AvgIpc) is 2.90. The third-order valence-corrected chi connectivity index (χ3v) is 3.97. The van der Waals surface area contributed by atoms with Gasteiger partial charge in [0.15, 0.2) is 5.78 Å². The van der Waals surface area contributed by atoms with Gasteiger partial charge in [0.2, 0.25) is 5.91 Å². The van der Waals surface area contributed by atoms with Crippen LogP contribution in [0.5, 0.6) is 0 Å². The first-order chi connectivity index (χ1) is 9.90. The number of hydrogen-bond donors (Lipinski definition) is 1. The molecule has 0 saturated carbocycles. The van der Waals surface area contributed by atoms with E-state index in [0.717, 1.165) is 19.3 Å². The standard InChI is InChI=1S/C16H25N3O2/c1-5-11(2)15(18-12(3)9-13(4)20)16(21)19-8-6-7-14(19)10-17/h9,11,14-15,18H,5-8H2,1-4H3/t11-,14-,15-/m0/s1. The topological polar surface area (TPSA) is 73.2 Å². The quantitative estimate of drug-likeness (QED) is 0.760. The highest BCUT2D eigenvalue weighted by molar-refractivity contribution is 5.88. The lowest BCUT2D eigenvalue weighted by Gasteiger charge is -2.30. The number of ketones is 1. The number of carbonyl (C=O) groups is 2. The summed E-state index contributed by atoms with van der Waals surface area (Å²) in [5.41, 5.74) is 0.689. The van der Waals surface area contributed by atoms with E-state index in [0.29, 0.717) is 12.2 Å². The summed E-state index contributed by atoms with van der Waals surface area (Å²) in [6, 6.07) is 1.49. The predicted octanol–water partition coefficient (Wildman–Crippen LogP) is 2.00. The lowest BCUT2D eigenvalue weighted by atomic mass is 9.97. The summed E-state index contributed by atoms with van der Waals surface area (Å²) in [4.78, 5) is 25.6. The van der Waals surface area contributed by atoms with Gasteiger partial charge >= 0.3 is 0 Å². The highest BCUT2D eigenvalue weighted by Gasteiger charge is 2.35. The zero-order valence-corrected chi connectivity index (χ0v) is 13.3. The molecule has 0 aromatic heterocycles. The minimum absolute atomic E-state index is 0.0373. The molecular weight excluding hydrogens is 266 g/mol. The lowest BCUT2D eigenvalue weighted by molar-refractivity contribution is -0.134. The van der Waals surface area contributed by atoms with Crippen LogP contribution in [0.15, 0.2) is 11.8 Å². The van der Waals surface area contributed by atoms with E-state index in [1.165, 1.54) is 13.0 Å². The second-order valence-corrected chi connectivity index (χ2v) is 5.76. The first kappa shape index (κ1) is 17.2. The van der Waals surface area contributed by atoms with Crippen LogP contribution in [0.2, 0.25) is 0 Å². The summed E-state index contributed by atoms with van der Waals surface area (Å²) in [5.74, 6) is 0.0453. The van der Waals surface area contributed by atoms with Crippen molar-refractivity contribution in [2.45, 2.75) is 59.0 Å². The molecule has 21 heavy (non-hydrogen) atoms. The molecule has 1 heterocycles. The van der Waals surface area contributed by atoms with Gasteiger partial charge in [-0.3, -0.25) is 9.59 Å². The van der Waals surface area contributed by atoms with Gasteiger partial charge in [0, 0.05) is 12.2 Å². The predicted molar refractivity (Wildman–Crippen MR) is 81.2 cm³/mol. The van der Waals surface area contributed by atoms with Crippen molar-refractivity contribution >= 4 is 11.7 Å². The normalized spacial score (nSPS) is 21.6. The number of nitrogens with zero attached hydrogens (tertiary/aromatic N) is 2. The fourth-order valence-electron chi connectivity index (χ4n) is 2.62. The van der Waals surface area contributed by atoms with Crippen LogP contribution in [0.25, 0.3) is 0 Å². The Labute approximate surface area is 127 Å². The Hall–Kier alpha value is -1.83. The Morgan fingerprint density at radius 1 is 1.48 bits per heavy atom. The van der Waals surface area contributed by atoms with Gasteiger partial charge in [-0.2, -0.15) is 5.26 Å². The Balaban J connectivity index is 2.90. The fraction of sp³-hybridized carbons (Fsp3) is 0.688. The summed E-state index contributed by atoms with van der Waals surface area (Å²) in [5, 5.41) is 12.3. The van der Waals surface area contributed by atoms with Crippen LogP contribution >= 0.6 is 0 Å². The van der Waals surface area contributed by atoms with E-state index in [2.05, 4.69) is 11.4 Å². The van der Waals surface area contributed by atoms with Gasteiger partial charge in [0.1, 0.15) is 12.1 Å². The largest absolute Gasteiger partial charge is 0.377 e. The van der Waals surface area contributed by atoms with Crippen molar-refractivity contribution in [3.63, 3.8) is 0 Å². The maximum absolute atomic E-state index is 12.7. The highest BCUT2D eigenvalue weighted by Crippen LogP contribution is 2.21. The molecule has 1 rings (SSSR count). The van der Waals surface area contributed by atoms with Crippen LogP contribution in [-0.4, -0.2) is 35.2 Å². The second-order valence-electron chi connectivity index (χ2n) is 5.76. The minimum atomic E-state index is -0.389. The Bertz CT molecular complexity index is 465. The second kappa shape index (κ2) is 7.82. The van der Waals surface area contributed by atoms with E-state index < -0.39 is 0 Å². The molecule has 1 N–H and O–H groups in total. The molecule has 0 aromatic rings. The molecule has 1 amide bonds. The van der Waals surface area contributed by atoms with Gasteiger partial charge in [-0.25, -0.2) is 0 Å². The summed E-state index contributed by atoms with van der Waals surface area (Å²) in [6.07, 6.45) is 3.97. The molecule has 5 heteroatoms. The van der Waals surface area contributed by atoms with Crippen LogP contribution in [0.4, 0.5) is 0 Å². The summed E-state index contributed by atoms with van der Waals surface area (Å²) < 4.78 is 0. The van der Waals surface area contributed by atoms with Crippen molar-refractivity contribution in [2.24, 2.45) is 5.92 Å². The van der Waals surface area contributed by atoms with E-state index in [1.807, 2.05) is 13.8 Å². The molecule has 0 bridgehead atoms. The number of allylic oxidation sites excluding steroid dienone is 2. The molecule has 0 aromatic carbocycles. The molecule has 0 aliphatic carbocycles. The van der Waals surface area contributed by atoms with Gasteiger partial charge in [-0.15, -0.1) is 0 Å². The monoisotopic (exact) mass is 291 g/mol. The van der Waals surface area contributed by atoms with Gasteiger partial charge in [-0.05, 0) is 38.7 Å². The maximum atomic E-state index is 12.7. The van der Waals surface area contributed by atoms with Crippen LogP contribution in [0, 0.1) is 17.2 Å². The van der Waals surface area contributed by atoms with Crippen molar-refractivity contribution in [1.82, 2.24) is 10.2 Å². The minimum Gasteiger partial charge on any atom is -0.377 e. The number of nitriles is 1. The van der Waals surface area contributed by atoms with Gasteiger partial charge < -0.3 is 10.2 Å². The summed E-state index contributed by atoms with van der Waals surface area (Å²) in [7, 11) is 0. The first-order valence-electron chi connectivity index (χ1n) is 7.56. The molecule has 5 nitrogen and oxygen atoms in total. The molecule has 3 atom stereocenters. The van der Waals surface area contributed by atoms with Gasteiger partial charge in [0.25, 0.3) is 0 Å². The molecule has 116 valence electrons. The molecule has 1 fully saturated rings. The molecule has 0 spiro atoms. The van der Waals surface area contributed by atoms with Crippen molar-refractivity contribution in [1.29, 1.82) is 5.26 Å². The average molecular weight is 291 g/mol. The van der Waals surface area contributed by atoms with Gasteiger partial charge in [0.05, 0.1) is 6.07 Å². The number of rotatable bonds is 6. The van der Waals surface area contributed by atoms with E-state index in [9.17, 15) is 9.59 Å². The molecule has 1 aliphatic heterocycles. The van der Waals surface area contributed by atoms with Crippen molar-refractivity contribution in [3.8, 4) is 6.07 Å². The van der Waals surface area contributed by atoms with Crippen molar-refractivity contribution < 1.29 is 9.59 Å². The Morgan fingerprint density at radius 3 is 2.67 bits per heavy atom. The third kappa shape index (κ3) is 4.59. The molecule has 1 saturated heterocycles. The number of carbonyl (C=O) groups excluding carboxylic acids is 2. The third-order valence-electron chi connectivity index (χ3n) is 3.97. The highest BCUT2D eigenvalue weighted by atomic mass is 16.2. The number of amides is 1. The van der Waals surface area contributed by atoms with Crippen molar-refractivity contribution in [3.05, 3.63) is 11.8 Å². The first-order valence-corrected chi connectivity index (χ1v) is 7.56. The summed E-state index contributed by atoms with van der Waals surface area (Å²) in [6.45, 7) is 7.95. The van der Waals surface area contributed by atoms with E-state index in [1.54, 1.807) is 11.8 Å².